The molecular weight excluding hydrogens is 298 g/mol. The topological polar surface area (TPSA) is 58.4 Å². The van der Waals surface area contributed by atoms with Gasteiger partial charge in [-0.1, -0.05) is 25.1 Å². The lowest BCUT2D eigenvalue weighted by Gasteiger charge is -2.29. The van der Waals surface area contributed by atoms with Gasteiger partial charge in [0.05, 0.1) is 18.2 Å². The Morgan fingerprint density at radius 3 is 2.77 bits per heavy atom. The second-order valence-electron chi connectivity index (χ2n) is 5.16. The summed E-state index contributed by atoms with van der Waals surface area (Å²) in [5, 5.41) is 8.95. The van der Waals surface area contributed by atoms with E-state index in [-0.39, 0.29) is 18.4 Å². The van der Waals surface area contributed by atoms with Crippen molar-refractivity contribution in [2.45, 2.75) is 33.2 Å². The zero-order valence-electron chi connectivity index (χ0n) is 13.3. The van der Waals surface area contributed by atoms with Crippen LogP contribution in [0.1, 0.15) is 36.2 Å². The van der Waals surface area contributed by atoms with Crippen molar-refractivity contribution in [2.24, 2.45) is 0 Å². The first-order valence-corrected chi connectivity index (χ1v) is 8.48. The molecule has 1 N–H and O–H groups in total. The van der Waals surface area contributed by atoms with Gasteiger partial charge < -0.3 is 9.84 Å². The molecule has 22 heavy (non-hydrogen) atoms. The minimum absolute atomic E-state index is 0.0259. The van der Waals surface area contributed by atoms with Gasteiger partial charge >= 0.3 is 0 Å². The van der Waals surface area contributed by atoms with Gasteiger partial charge in [-0.15, -0.1) is 11.3 Å². The summed E-state index contributed by atoms with van der Waals surface area (Å²) in [6, 6.07) is 6.19. The van der Waals surface area contributed by atoms with E-state index in [0.29, 0.717) is 12.2 Å². The molecule has 1 amide bonds. The van der Waals surface area contributed by atoms with Crippen LogP contribution in [0.5, 0.6) is 0 Å². The predicted octanol–water partition coefficient (Wildman–Crippen LogP) is 2.79. The third kappa shape index (κ3) is 4.42. The van der Waals surface area contributed by atoms with Crippen LogP contribution < -0.4 is 5.32 Å². The van der Waals surface area contributed by atoms with Crippen LogP contribution in [0.25, 0.3) is 0 Å². The Kier molecular flexibility index (Phi) is 6.15. The lowest BCUT2D eigenvalue weighted by atomic mass is 10.2. The monoisotopic (exact) mass is 321 g/mol. The van der Waals surface area contributed by atoms with Crippen molar-refractivity contribution < 1.29 is 9.32 Å². The van der Waals surface area contributed by atoms with Gasteiger partial charge in [-0.3, -0.25) is 9.69 Å². The van der Waals surface area contributed by atoms with Crippen LogP contribution in [0.15, 0.2) is 28.1 Å². The van der Waals surface area contributed by atoms with Crippen molar-refractivity contribution in [3.63, 3.8) is 0 Å². The van der Waals surface area contributed by atoms with Crippen LogP contribution in [0, 0.1) is 6.92 Å². The summed E-state index contributed by atoms with van der Waals surface area (Å²) in [6.07, 6.45) is 0.257. The Morgan fingerprint density at radius 1 is 1.45 bits per heavy atom. The van der Waals surface area contributed by atoms with Crippen LogP contribution in [0.2, 0.25) is 0 Å². The number of nitrogens with zero attached hydrogens (tertiary/aromatic N) is 2. The summed E-state index contributed by atoms with van der Waals surface area (Å²) in [6.45, 7) is 8.63. The molecule has 1 atom stereocenters. The number of hydrogen-bond donors (Lipinski definition) is 1. The molecule has 2 aromatic rings. The van der Waals surface area contributed by atoms with E-state index >= 15 is 0 Å². The summed E-state index contributed by atoms with van der Waals surface area (Å²) in [5.41, 5.74) is 0.672. The maximum Gasteiger partial charge on any atom is 0.226 e. The first-order chi connectivity index (χ1) is 10.6. The second kappa shape index (κ2) is 8.10. The van der Waals surface area contributed by atoms with Gasteiger partial charge in [0, 0.05) is 17.5 Å². The molecule has 5 nitrogen and oxygen atoms in total. The molecule has 120 valence electrons. The highest BCUT2D eigenvalue weighted by atomic mass is 32.1. The Bertz CT molecular complexity index is 576. The predicted molar refractivity (Wildman–Crippen MR) is 87.9 cm³/mol. The number of rotatable bonds is 8. The minimum Gasteiger partial charge on any atom is -0.361 e. The molecule has 2 heterocycles. The lowest BCUT2D eigenvalue weighted by Crippen LogP contribution is -2.38. The largest absolute Gasteiger partial charge is 0.361 e. The minimum atomic E-state index is -0.0259. The van der Waals surface area contributed by atoms with Crippen LogP contribution in [0.4, 0.5) is 0 Å². The molecule has 0 radical (unpaired) electrons. The summed E-state index contributed by atoms with van der Waals surface area (Å²) >= 11 is 1.73. The molecule has 2 aromatic heterocycles. The fourth-order valence-electron chi connectivity index (χ4n) is 2.49. The van der Waals surface area contributed by atoms with Crippen molar-refractivity contribution in [2.75, 3.05) is 19.6 Å². The third-order valence-electron chi connectivity index (χ3n) is 3.64. The van der Waals surface area contributed by atoms with E-state index in [0.717, 1.165) is 18.8 Å². The molecule has 0 aliphatic carbocycles. The Morgan fingerprint density at radius 2 is 2.23 bits per heavy atom. The Labute approximate surface area is 135 Å². The first-order valence-electron chi connectivity index (χ1n) is 7.60. The van der Waals surface area contributed by atoms with E-state index < -0.39 is 0 Å². The van der Waals surface area contributed by atoms with E-state index in [1.54, 1.807) is 17.4 Å². The average molecular weight is 321 g/mol. The molecule has 6 heteroatoms. The van der Waals surface area contributed by atoms with Crippen molar-refractivity contribution >= 4 is 17.2 Å². The summed E-state index contributed by atoms with van der Waals surface area (Å²) in [7, 11) is 0. The van der Waals surface area contributed by atoms with Gasteiger partial charge in [0.15, 0.2) is 0 Å². The van der Waals surface area contributed by atoms with Crippen LogP contribution in [-0.4, -0.2) is 35.6 Å². The maximum absolute atomic E-state index is 12.1. The molecule has 0 aliphatic heterocycles. The quantitative estimate of drug-likeness (QED) is 0.812. The van der Waals surface area contributed by atoms with E-state index in [9.17, 15) is 4.79 Å². The molecule has 0 bridgehead atoms. The smallest absolute Gasteiger partial charge is 0.226 e. The zero-order valence-corrected chi connectivity index (χ0v) is 14.2. The van der Waals surface area contributed by atoms with Gasteiger partial charge in [-0.05, 0) is 31.5 Å². The average Bonchev–Trinajstić information content (AvgIpc) is 3.15. The van der Waals surface area contributed by atoms with E-state index in [1.165, 1.54) is 4.88 Å². The van der Waals surface area contributed by atoms with Crippen molar-refractivity contribution in [1.82, 2.24) is 15.4 Å². The maximum atomic E-state index is 12.1. The molecule has 0 aliphatic rings. The van der Waals surface area contributed by atoms with Gasteiger partial charge in [-0.2, -0.15) is 0 Å². The van der Waals surface area contributed by atoms with Gasteiger partial charge in [-0.25, -0.2) is 0 Å². The van der Waals surface area contributed by atoms with Gasteiger partial charge in [0.25, 0.3) is 0 Å². The fraction of sp³-hybridized carbons (Fsp3) is 0.500. The molecule has 2 rings (SSSR count). The first kappa shape index (κ1) is 16.7. The van der Waals surface area contributed by atoms with Crippen LogP contribution in [0.3, 0.4) is 0 Å². The van der Waals surface area contributed by atoms with E-state index in [1.807, 2.05) is 6.92 Å². The zero-order chi connectivity index (χ0) is 15.9. The summed E-state index contributed by atoms with van der Waals surface area (Å²) < 4.78 is 4.99. The van der Waals surface area contributed by atoms with E-state index in [2.05, 4.69) is 46.7 Å². The van der Waals surface area contributed by atoms with Gasteiger partial charge in [0.1, 0.15) is 5.76 Å². The number of nitrogens with one attached hydrogen (secondary N) is 1. The van der Waals surface area contributed by atoms with Crippen molar-refractivity contribution in [3.8, 4) is 0 Å². The number of amides is 1. The number of aromatic nitrogens is 1. The van der Waals surface area contributed by atoms with E-state index in [4.69, 9.17) is 4.52 Å². The molecule has 0 aromatic carbocycles. The van der Waals surface area contributed by atoms with Gasteiger partial charge in [0.2, 0.25) is 5.91 Å². The highest BCUT2D eigenvalue weighted by molar-refractivity contribution is 7.10. The number of thiophene rings is 1. The highest BCUT2D eigenvalue weighted by Crippen LogP contribution is 2.24. The highest BCUT2D eigenvalue weighted by Gasteiger charge is 2.20. The van der Waals surface area contributed by atoms with Crippen LogP contribution >= 0.6 is 11.3 Å². The number of aryl methyl sites for hydroxylation is 1. The molecule has 1 unspecified atom stereocenters. The molecular formula is C16H23N3O2S. The Balaban J connectivity index is 1.94. The molecule has 0 spiro atoms. The molecule has 0 saturated heterocycles. The van der Waals surface area contributed by atoms with Crippen molar-refractivity contribution in [3.05, 3.63) is 39.9 Å². The number of carbonyl (C=O) groups excluding carboxylic acids is 1. The number of carbonyl (C=O) groups is 1. The number of hydrogen-bond acceptors (Lipinski definition) is 5. The SMILES string of the molecule is CCN(CC)C(CNC(=O)Cc1cc(C)on1)c1cccs1. The number of likely N-dealkylation sites (N-methyl/N-ethyl adjacent to an activating group) is 1. The second-order valence-corrected chi connectivity index (χ2v) is 6.14. The standard InChI is InChI=1S/C16H23N3O2S/c1-4-19(5-2)14(15-7-6-8-22-15)11-17-16(20)10-13-9-12(3)21-18-13/h6-9,14H,4-5,10-11H2,1-3H3,(H,17,20). The van der Waals surface area contributed by atoms with Crippen molar-refractivity contribution in [1.29, 1.82) is 0 Å². The normalized spacial score (nSPS) is 12.5. The lowest BCUT2D eigenvalue weighted by molar-refractivity contribution is -0.120. The molecule has 0 saturated carbocycles. The molecule has 0 fully saturated rings. The third-order valence-corrected chi connectivity index (χ3v) is 4.61. The fourth-order valence-corrected chi connectivity index (χ4v) is 3.35. The summed E-state index contributed by atoms with van der Waals surface area (Å²) in [5.74, 6) is 0.699. The summed E-state index contributed by atoms with van der Waals surface area (Å²) in [4.78, 5) is 15.7. The van der Waals surface area contributed by atoms with Crippen LogP contribution in [-0.2, 0) is 11.2 Å². The Hall–Kier alpha value is -1.66.